The molecule has 0 saturated carbocycles. The Morgan fingerprint density at radius 1 is 1.11 bits per heavy atom. The van der Waals surface area contributed by atoms with Crippen molar-refractivity contribution in [1.29, 1.82) is 0 Å². The molecule has 0 bridgehead atoms. The number of benzene rings is 1. The molecule has 0 amide bonds. The average molecular weight is 251 g/mol. The van der Waals surface area contributed by atoms with Gasteiger partial charge in [0.15, 0.2) is 6.29 Å². The Labute approximate surface area is 101 Å². The maximum absolute atomic E-state index is 12.8. The minimum absolute atomic E-state index is 0.0261. The summed E-state index contributed by atoms with van der Waals surface area (Å²) in [5, 5.41) is 0. The average Bonchev–Trinajstić information content (AvgIpc) is 2.38. The third-order valence-corrected chi connectivity index (χ3v) is 2.44. The number of hydrogen-bond donors (Lipinski definition) is 0. The fraction of sp³-hybridized carbons (Fsp3) is 0.0769. The monoisotopic (exact) mass is 251 g/mol. The summed E-state index contributed by atoms with van der Waals surface area (Å²) in [5.41, 5.74) is -0.517. The lowest BCUT2D eigenvalue weighted by atomic mass is 10.0. The molecule has 0 fully saturated rings. The number of carbonyl (C=O) groups excluding carboxylic acids is 1. The Morgan fingerprint density at radius 2 is 1.78 bits per heavy atom. The van der Waals surface area contributed by atoms with Crippen LogP contribution in [0.4, 0.5) is 13.2 Å². The van der Waals surface area contributed by atoms with Gasteiger partial charge in [-0.05, 0) is 17.2 Å². The van der Waals surface area contributed by atoms with E-state index in [9.17, 15) is 18.0 Å². The molecule has 18 heavy (non-hydrogen) atoms. The van der Waals surface area contributed by atoms with Gasteiger partial charge in [0.2, 0.25) is 0 Å². The molecule has 1 aromatic heterocycles. The molecule has 0 aliphatic heterocycles. The van der Waals surface area contributed by atoms with Gasteiger partial charge >= 0.3 is 6.18 Å². The zero-order valence-corrected chi connectivity index (χ0v) is 9.11. The first kappa shape index (κ1) is 12.3. The van der Waals surface area contributed by atoms with Crippen LogP contribution in [0.15, 0.2) is 42.6 Å². The summed E-state index contributed by atoms with van der Waals surface area (Å²) in [6.07, 6.45) is -3.39. The molecule has 0 unspecified atom stereocenters. The number of halogens is 3. The second-order valence-electron chi connectivity index (χ2n) is 3.64. The van der Waals surface area contributed by atoms with Gasteiger partial charge in [0.25, 0.3) is 0 Å². The fourth-order valence-corrected chi connectivity index (χ4v) is 1.62. The van der Waals surface area contributed by atoms with E-state index in [1.807, 2.05) is 0 Å². The lowest BCUT2D eigenvalue weighted by Crippen LogP contribution is -2.08. The van der Waals surface area contributed by atoms with Crippen molar-refractivity contribution in [3.05, 3.63) is 53.9 Å². The zero-order valence-electron chi connectivity index (χ0n) is 9.11. The highest BCUT2D eigenvalue weighted by atomic mass is 19.4. The van der Waals surface area contributed by atoms with Crippen LogP contribution in [0.25, 0.3) is 11.1 Å². The van der Waals surface area contributed by atoms with Crippen molar-refractivity contribution < 1.29 is 18.0 Å². The van der Waals surface area contributed by atoms with Crippen LogP contribution in [0.2, 0.25) is 0 Å². The molecule has 0 aliphatic rings. The van der Waals surface area contributed by atoms with E-state index in [1.165, 1.54) is 0 Å². The summed E-state index contributed by atoms with van der Waals surface area (Å²) in [7, 11) is 0. The van der Waals surface area contributed by atoms with Crippen LogP contribution in [-0.2, 0) is 6.18 Å². The Morgan fingerprint density at radius 3 is 2.33 bits per heavy atom. The molecule has 0 N–H and O–H groups in total. The molecule has 92 valence electrons. The summed E-state index contributed by atoms with van der Waals surface area (Å²) in [6, 6.07) is 9.23. The number of alkyl halides is 3. The van der Waals surface area contributed by atoms with E-state index in [4.69, 9.17) is 0 Å². The number of pyridine rings is 1. The van der Waals surface area contributed by atoms with E-state index >= 15 is 0 Å². The molecule has 5 heteroatoms. The first-order valence-electron chi connectivity index (χ1n) is 5.10. The van der Waals surface area contributed by atoms with Crippen molar-refractivity contribution in [2.24, 2.45) is 0 Å². The molecule has 0 saturated heterocycles. The maximum Gasteiger partial charge on any atom is 0.418 e. The van der Waals surface area contributed by atoms with Crippen LogP contribution in [0.3, 0.4) is 0 Å². The van der Waals surface area contributed by atoms with E-state index < -0.39 is 11.7 Å². The lowest BCUT2D eigenvalue weighted by Gasteiger charge is -2.12. The number of aldehydes is 1. The van der Waals surface area contributed by atoms with E-state index in [1.54, 1.807) is 30.3 Å². The molecule has 2 nitrogen and oxygen atoms in total. The Hall–Kier alpha value is -2.17. The number of aromatic nitrogens is 1. The smallest absolute Gasteiger partial charge is 0.296 e. The van der Waals surface area contributed by atoms with Crippen LogP contribution in [0, 0.1) is 0 Å². The maximum atomic E-state index is 12.8. The van der Waals surface area contributed by atoms with Gasteiger partial charge in [-0.1, -0.05) is 30.3 Å². The lowest BCUT2D eigenvalue weighted by molar-refractivity contribution is -0.137. The van der Waals surface area contributed by atoms with Crippen LogP contribution < -0.4 is 0 Å². The SMILES string of the molecule is O=Cc1cc(-c2ccccc2)c(C(F)(F)F)cn1. The fourth-order valence-electron chi connectivity index (χ4n) is 1.62. The van der Waals surface area contributed by atoms with Gasteiger partial charge in [0, 0.05) is 6.20 Å². The van der Waals surface area contributed by atoms with Crippen molar-refractivity contribution in [1.82, 2.24) is 4.98 Å². The zero-order chi connectivity index (χ0) is 13.2. The van der Waals surface area contributed by atoms with Crippen molar-refractivity contribution in [3.63, 3.8) is 0 Å². The highest BCUT2D eigenvalue weighted by Crippen LogP contribution is 2.36. The van der Waals surface area contributed by atoms with Crippen LogP contribution >= 0.6 is 0 Å². The minimum Gasteiger partial charge on any atom is -0.296 e. The van der Waals surface area contributed by atoms with Crippen LogP contribution in [0.1, 0.15) is 16.1 Å². The predicted molar refractivity (Wildman–Crippen MR) is 60.1 cm³/mol. The Bertz CT molecular complexity index is 564. The van der Waals surface area contributed by atoms with Crippen LogP contribution in [0.5, 0.6) is 0 Å². The second kappa shape index (κ2) is 4.60. The molecular formula is C13H8F3NO. The molecular weight excluding hydrogens is 243 g/mol. The standard InChI is InChI=1S/C13H8F3NO/c14-13(15,16)12-7-17-10(8-18)6-11(12)9-4-2-1-3-5-9/h1-8H. The highest BCUT2D eigenvalue weighted by molar-refractivity contribution is 5.77. The number of nitrogens with zero attached hydrogens (tertiary/aromatic N) is 1. The van der Waals surface area contributed by atoms with Crippen molar-refractivity contribution in [2.75, 3.05) is 0 Å². The minimum atomic E-state index is -4.50. The third-order valence-electron chi connectivity index (χ3n) is 2.44. The summed E-state index contributed by atoms with van der Waals surface area (Å²) in [4.78, 5) is 14.1. The third kappa shape index (κ3) is 2.40. The summed E-state index contributed by atoms with van der Waals surface area (Å²) < 4.78 is 38.5. The number of carbonyl (C=O) groups is 1. The normalized spacial score (nSPS) is 11.3. The van der Waals surface area contributed by atoms with E-state index in [0.29, 0.717) is 18.0 Å². The first-order valence-corrected chi connectivity index (χ1v) is 5.10. The molecule has 1 aromatic carbocycles. The molecule has 0 radical (unpaired) electrons. The van der Waals surface area contributed by atoms with E-state index in [0.717, 1.165) is 6.07 Å². The van der Waals surface area contributed by atoms with Crippen molar-refractivity contribution in [3.8, 4) is 11.1 Å². The molecule has 0 spiro atoms. The topological polar surface area (TPSA) is 30.0 Å². The van der Waals surface area contributed by atoms with Gasteiger partial charge in [-0.15, -0.1) is 0 Å². The highest BCUT2D eigenvalue weighted by Gasteiger charge is 2.34. The largest absolute Gasteiger partial charge is 0.418 e. The summed E-state index contributed by atoms with van der Waals surface area (Å²) >= 11 is 0. The van der Waals surface area contributed by atoms with Gasteiger partial charge in [-0.25, -0.2) is 0 Å². The Balaban J connectivity index is 2.66. The van der Waals surface area contributed by atoms with Gasteiger partial charge in [-0.2, -0.15) is 13.2 Å². The summed E-state index contributed by atoms with van der Waals surface area (Å²) in [5.74, 6) is 0. The van der Waals surface area contributed by atoms with Crippen molar-refractivity contribution in [2.45, 2.75) is 6.18 Å². The summed E-state index contributed by atoms with van der Waals surface area (Å²) in [6.45, 7) is 0. The first-order chi connectivity index (χ1) is 8.52. The van der Waals surface area contributed by atoms with E-state index in [-0.39, 0.29) is 11.3 Å². The number of hydrogen-bond acceptors (Lipinski definition) is 2. The van der Waals surface area contributed by atoms with Crippen molar-refractivity contribution >= 4 is 6.29 Å². The van der Waals surface area contributed by atoms with Crippen LogP contribution in [-0.4, -0.2) is 11.3 Å². The predicted octanol–water partition coefficient (Wildman–Crippen LogP) is 3.58. The molecule has 1 heterocycles. The van der Waals surface area contributed by atoms with Gasteiger partial charge in [-0.3, -0.25) is 9.78 Å². The molecule has 2 aromatic rings. The van der Waals surface area contributed by atoms with Gasteiger partial charge < -0.3 is 0 Å². The van der Waals surface area contributed by atoms with Gasteiger partial charge in [0.05, 0.1) is 5.56 Å². The Kier molecular flexibility index (Phi) is 3.14. The molecule has 0 aliphatic carbocycles. The second-order valence-corrected chi connectivity index (χ2v) is 3.64. The quantitative estimate of drug-likeness (QED) is 0.763. The molecule has 0 atom stereocenters. The molecule has 2 rings (SSSR count). The van der Waals surface area contributed by atoms with E-state index in [2.05, 4.69) is 4.98 Å². The number of rotatable bonds is 2. The van der Waals surface area contributed by atoms with Gasteiger partial charge in [0.1, 0.15) is 5.69 Å².